The fourth-order valence-electron chi connectivity index (χ4n) is 2.64. The molecule has 0 fully saturated rings. The second-order valence-corrected chi connectivity index (χ2v) is 7.14. The first-order valence-corrected chi connectivity index (χ1v) is 10.1. The van der Waals surface area contributed by atoms with E-state index in [1.807, 2.05) is 29.7 Å². The molecule has 0 aliphatic rings. The summed E-state index contributed by atoms with van der Waals surface area (Å²) in [7, 11) is 3.01. The Bertz CT molecular complexity index is 997. The molecule has 1 aromatic carbocycles. The van der Waals surface area contributed by atoms with Gasteiger partial charge in [0.2, 0.25) is 5.91 Å². The van der Waals surface area contributed by atoms with Gasteiger partial charge in [-0.25, -0.2) is 0 Å². The van der Waals surface area contributed by atoms with Crippen LogP contribution in [0, 0.1) is 0 Å². The third-order valence-electron chi connectivity index (χ3n) is 4.01. The van der Waals surface area contributed by atoms with Gasteiger partial charge in [-0.15, -0.1) is 10.2 Å². The number of aromatic nitrogens is 4. The molecule has 0 aliphatic carbocycles. The van der Waals surface area contributed by atoms with E-state index in [1.165, 1.54) is 26.0 Å². The summed E-state index contributed by atoms with van der Waals surface area (Å²) >= 11 is 7.39. The lowest BCUT2D eigenvalue weighted by Gasteiger charge is -2.13. The SMILES string of the molecule is CCn1c(SCC(=O)Nc2cc(OC)c(Cl)cc2OC)nnc1-c1ccccn1. The van der Waals surface area contributed by atoms with Gasteiger partial charge in [-0.3, -0.25) is 9.78 Å². The molecule has 2 heterocycles. The van der Waals surface area contributed by atoms with Crippen molar-refractivity contribution in [3.8, 4) is 23.0 Å². The third kappa shape index (κ3) is 4.80. The second-order valence-electron chi connectivity index (χ2n) is 5.79. The predicted octanol–water partition coefficient (Wildman–Crippen LogP) is 3.76. The van der Waals surface area contributed by atoms with Gasteiger partial charge < -0.3 is 19.4 Å². The number of methoxy groups -OCH3 is 2. The highest BCUT2D eigenvalue weighted by molar-refractivity contribution is 7.99. The van der Waals surface area contributed by atoms with Crippen molar-refractivity contribution in [1.82, 2.24) is 19.7 Å². The highest BCUT2D eigenvalue weighted by Gasteiger charge is 2.17. The van der Waals surface area contributed by atoms with Crippen LogP contribution in [0.3, 0.4) is 0 Å². The molecule has 0 atom stereocenters. The monoisotopic (exact) mass is 433 g/mol. The van der Waals surface area contributed by atoms with Crippen molar-refractivity contribution in [2.75, 3.05) is 25.3 Å². The van der Waals surface area contributed by atoms with Crippen LogP contribution in [0.25, 0.3) is 11.5 Å². The first-order valence-electron chi connectivity index (χ1n) is 8.76. The number of benzene rings is 1. The molecule has 0 aliphatic heterocycles. The van der Waals surface area contributed by atoms with E-state index in [4.69, 9.17) is 21.1 Å². The van der Waals surface area contributed by atoms with Crippen LogP contribution >= 0.6 is 23.4 Å². The summed E-state index contributed by atoms with van der Waals surface area (Å²) in [5.74, 6) is 1.49. The van der Waals surface area contributed by atoms with Gasteiger partial charge in [0.1, 0.15) is 17.2 Å². The number of halogens is 1. The van der Waals surface area contributed by atoms with Crippen molar-refractivity contribution in [3.63, 3.8) is 0 Å². The molecule has 1 amide bonds. The van der Waals surface area contributed by atoms with Gasteiger partial charge in [0.05, 0.1) is 30.7 Å². The number of nitrogens with zero attached hydrogens (tertiary/aromatic N) is 4. The maximum atomic E-state index is 12.5. The lowest BCUT2D eigenvalue weighted by molar-refractivity contribution is -0.113. The summed E-state index contributed by atoms with van der Waals surface area (Å²) in [4.78, 5) is 16.8. The number of carbonyl (C=O) groups excluding carboxylic acids is 1. The second kappa shape index (κ2) is 9.62. The number of ether oxygens (including phenoxy) is 2. The number of rotatable bonds is 8. The average Bonchev–Trinajstić information content (AvgIpc) is 3.16. The zero-order valence-corrected chi connectivity index (χ0v) is 17.8. The van der Waals surface area contributed by atoms with Crippen LogP contribution < -0.4 is 14.8 Å². The summed E-state index contributed by atoms with van der Waals surface area (Å²) in [6.45, 7) is 2.65. The van der Waals surface area contributed by atoms with Gasteiger partial charge in [-0.1, -0.05) is 29.4 Å². The van der Waals surface area contributed by atoms with Crippen molar-refractivity contribution in [2.24, 2.45) is 0 Å². The molecule has 0 saturated heterocycles. The topological polar surface area (TPSA) is 91.2 Å². The van der Waals surface area contributed by atoms with E-state index in [2.05, 4.69) is 20.5 Å². The van der Waals surface area contributed by atoms with E-state index in [9.17, 15) is 4.79 Å². The minimum atomic E-state index is -0.220. The number of hydrogen-bond donors (Lipinski definition) is 1. The number of amides is 1. The molecule has 0 saturated carbocycles. The number of hydrogen-bond acceptors (Lipinski definition) is 7. The summed E-state index contributed by atoms with van der Waals surface area (Å²) in [5.41, 5.74) is 1.21. The Morgan fingerprint density at radius 3 is 2.66 bits per heavy atom. The molecule has 0 spiro atoms. The minimum absolute atomic E-state index is 0.147. The molecule has 3 aromatic rings. The number of anilines is 1. The Balaban J connectivity index is 1.71. The average molecular weight is 434 g/mol. The van der Waals surface area contributed by atoms with Crippen LogP contribution in [0.4, 0.5) is 5.69 Å². The Morgan fingerprint density at radius 2 is 2.00 bits per heavy atom. The molecule has 0 bridgehead atoms. The molecule has 0 unspecified atom stereocenters. The number of thioether (sulfide) groups is 1. The van der Waals surface area contributed by atoms with E-state index in [0.717, 1.165) is 5.69 Å². The summed E-state index contributed by atoms with van der Waals surface area (Å²) in [6.07, 6.45) is 1.71. The van der Waals surface area contributed by atoms with Crippen molar-refractivity contribution in [2.45, 2.75) is 18.6 Å². The Morgan fingerprint density at radius 1 is 1.21 bits per heavy atom. The minimum Gasteiger partial charge on any atom is -0.495 e. The molecule has 152 valence electrons. The van der Waals surface area contributed by atoms with Crippen molar-refractivity contribution >= 4 is 35.0 Å². The van der Waals surface area contributed by atoms with Crippen molar-refractivity contribution in [1.29, 1.82) is 0 Å². The number of nitrogens with one attached hydrogen (secondary N) is 1. The van der Waals surface area contributed by atoms with E-state index >= 15 is 0 Å². The summed E-state index contributed by atoms with van der Waals surface area (Å²) in [5, 5.41) is 12.3. The van der Waals surface area contributed by atoms with Gasteiger partial charge in [0.25, 0.3) is 0 Å². The zero-order valence-electron chi connectivity index (χ0n) is 16.2. The van der Waals surface area contributed by atoms with Crippen LogP contribution in [-0.2, 0) is 11.3 Å². The van der Waals surface area contributed by atoms with Crippen molar-refractivity contribution in [3.05, 3.63) is 41.6 Å². The fourth-order valence-corrected chi connectivity index (χ4v) is 3.67. The Labute approximate surface area is 177 Å². The van der Waals surface area contributed by atoms with Crippen LogP contribution in [-0.4, -0.2) is 45.6 Å². The Hall–Kier alpha value is -2.78. The van der Waals surface area contributed by atoms with E-state index < -0.39 is 0 Å². The van der Waals surface area contributed by atoms with Gasteiger partial charge in [-0.05, 0) is 19.1 Å². The van der Waals surface area contributed by atoms with Crippen LogP contribution in [0.1, 0.15) is 6.92 Å². The maximum absolute atomic E-state index is 12.5. The normalized spacial score (nSPS) is 10.6. The summed E-state index contributed by atoms with van der Waals surface area (Å²) in [6, 6.07) is 8.83. The largest absolute Gasteiger partial charge is 0.495 e. The van der Waals surface area contributed by atoms with Gasteiger partial charge >= 0.3 is 0 Å². The molecule has 1 N–H and O–H groups in total. The van der Waals surface area contributed by atoms with E-state index in [1.54, 1.807) is 18.3 Å². The number of pyridine rings is 1. The van der Waals surface area contributed by atoms with Gasteiger partial charge in [-0.2, -0.15) is 0 Å². The summed E-state index contributed by atoms with van der Waals surface area (Å²) < 4.78 is 12.4. The molecule has 2 aromatic heterocycles. The van der Waals surface area contributed by atoms with Crippen molar-refractivity contribution < 1.29 is 14.3 Å². The lowest BCUT2D eigenvalue weighted by Crippen LogP contribution is -2.15. The standard InChI is InChI=1S/C19H20ClN5O3S/c1-4-25-18(13-7-5-6-8-21-13)23-24-19(25)29-11-17(26)22-14-10-15(27-2)12(20)9-16(14)28-3/h5-10H,4,11H2,1-3H3,(H,22,26). The molecular formula is C19H20ClN5O3S. The van der Waals surface area contributed by atoms with Gasteiger partial charge in [0, 0.05) is 24.9 Å². The number of carbonyl (C=O) groups is 1. The highest BCUT2D eigenvalue weighted by atomic mass is 35.5. The third-order valence-corrected chi connectivity index (χ3v) is 5.27. The lowest BCUT2D eigenvalue weighted by atomic mass is 10.2. The van der Waals surface area contributed by atoms with E-state index in [0.29, 0.717) is 39.7 Å². The molecule has 29 heavy (non-hydrogen) atoms. The predicted molar refractivity (Wildman–Crippen MR) is 113 cm³/mol. The maximum Gasteiger partial charge on any atom is 0.234 e. The smallest absolute Gasteiger partial charge is 0.234 e. The zero-order chi connectivity index (χ0) is 20.8. The highest BCUT2D eigenvalue weighted by Crippen LogP contribution is 2.36. The molecule has 3 rings (SSSR count). The van der Waals surface area contributed by atoms with Crippen LogP contribution in [0.2, 0.25) is 5.02 Å². The first kappa shape index (κ1) is 20.9. The fraction of sp³-hybridized carbons (Fsp3) is 0.263. The molecular weight excluding hydrogens is 414 g/mol. The van der Waals surface area contributed by atoms with Crippen LogP contribution in [0.15, 0.2) is 41.7 Å². The van der Waals surface area contributed by atoms with Gasteiger partial charge in [0.15, 0.2) is 11.0 Å². The molecule has 8 nitrogen and oxygen atoms in total. The molecule has 0 radical (unpaired) electrons. The molecule has 10 heteroatoms. The van der Waals surface area contributed by atoms with E-state index in [-0.39, 0.29) is 11.7 Å². The quantitative estimate of drug-likeness (QED) is 0.540. The van der Waals surface area contributed by atoms with Crippen LogP contribution in [0.5, 0.6) is 11.5 Å². The Kier molecular flexibility index (Phi) is 6.95. The first-order chi connectivity index (χ1) is 14.1.